The average Bonchev–Trinajstić information content (AvgIpc) is 2.96. The van der Waals surface area contributed by atoms with Crippen LogP contribution in [0.25, 0.3) is 10.9 Å². The second-order valence-corrected chi connectivity index (χ2v) is 3.99. The third kappa shape index (κ3) is 1.73. The first-order valence-electron chi connectivity index (χ1n) is 5.47. The number of carbonyl (C=O) groups is 1. The highest BCUT2D eigenvalue weighted by Gasteiger charge is 2.11. The number of amides is 1. The Kier molecular flexibility index (Phi) is 2.33. The highest BCUT2D eigenvalue weighted by Crippen LogP contribution is 2.15. The van der Waals surface area contributed by atoms with Crippen molar-refractivity contribution in [2.24, 2.45) is 7.05 Å². The summed E-state index contributed by atoms with van der Waals surface area (Å²) >= 11 is 0. The van der Waals surface area contributed by atoms with Crippen LogP contribution in [0.2, 0.25) is 0 Å². The van der Waals surface area contributed by atoms with Gasteiger partial charge in [-0.2, -0.15) is 0 Å². The molecular formula is C12H11N5O. The smallest absolute Gasteiger partial charge is 0.274 e. The Balaban J connectivity index is 1.90. The van der Waals surface area contributed by atoms with Gasteiger partial charge in [0.25, 0.3) is 5.91 Å². The van der Waals surface area contributed by atoms with Crippen molar-refractivity contribution < 1.29 is 4.79 Å². The van der Waals surface area contributed by atoms with E-state index < -0.39 is 0 Å². The second-order valence-electron chi connectivity index (χ2n) is 3.99. The van der Waals surface area contributed by atoms with E-state index >= 15 is 0 Å². The van der Waals surface area contributed by atoms with E-state index in [1.165, 1.54) is 6.33 Å². The van der Waals surface area contributed by atoms with Crippen molar-refractivity contribution >= 4 is 22.8 Å². The van der Waals surface area contributed by atoms with Gasteiger partial charge in [-0.25, -0.2) is 0 Å². The van der Waals surface area contributed by atoms with Crippen LogP contribution in [0.3, 0.4) is 0 Å². The molecule has 1 amide bonds. The van der Waals surface area contributed by atoms with Gasteiger partial charge in [0, 0.05) is 18.0 Å². The molecule has 1 aromatic carbocycles. The van der Waals surface area contributed by atoms with E-state index in [9.17, 15) is 4.79 Å². The summed E-state index contributed by atoms with van der Waals surface area (Å²) < 4.78 is 1.64. The predicted octanol–water partition coefficient (Wildman–Crippen LogP) is 1.55. The molecule has 0 fully saturated rings. The average molecular weight is 241 g/mol. The van der Waals surface area contributed by atoms with Gasteiger partial charge in [0.1, 0.15) is 12.0 Å². The Hall–Kier alpha value is -2.63. The molecule has 2 N–H and O–H groups in total. The van der Waals surface area contributed by atoms with Crippen molar-refractivity contribution in [1.82, 2.24) is 19.7 Å². The minimum absolute atomic E-state index is 0.234. The molecule has 18 heavy (non-hydrogen) atoms. The topological polar surface area (TPSA) is 75.6 Å². The van der Waals surface area contributed by atoms with E-state index in [-0.39, 0.29) is 5.91 Å². The van der Waals surface area contributed by atoms with Crippen LogP contribution in [0, 0.1) is 0 Å². The summed E-state index contributed by atoms with van der Waals surface area (Å²) in [5.74, 6) is 0.181. The fraction of sp³-hybridized carbons (Fsp3) is 0.0833. The van der Waals surface area contributed by atoms with Crippen LogP contribution in [0.5, 0.6) is 0 Å². The van der Waals surface area contributed by atoms with Crippen LogP contribution in [0.1, 0.15) is 10.5 Å². The minimum Gasteiger partial charge on any atom is -0.351 e. The van der Waals surface area contributed by atoms with Crippen LogP contribution in [-0.4, -0.2) is 25.7 Å². The number of hydrogen-bond donors (Lipinski definition) is 2. The molecule has 3 rings (SSSR count). The molecule has 0 saturated heterocycles. The molecule has 90 valence electrons. The number of benzene rings is 1. The molecule has 0 bridgehead atoms. The van der Waals surface area contributed by atoms with E-state index in [2.05, 4.69) is 20.5 Å². The lowest BCUT2D eigenvalue weighted by Crippen LogP contribution is -2.15. The maximum atomic E-state index is 12.0. The van der Waals surface area contributed by atoms with Gasteiger partial charge in [0.2, 0.25) is 5.95 Å². The summed E-state index contributed by atoms with van der Waals surface area (Å²) in [6.07, 6.45) is 1.53. The number of aryl methyl sites for hydroxylation is 1. The summed E-state index contributed by atoms with van der Waals surface area (Å²) in [4.78, 5) is 15.1. The van der Waals surface area contributed by atoms with Crippen molar-refractivity contribution in [3.63, 3.8) is 0 Å². The predicted molar refractivity (Wildman–Crippen MR) is 67.3 cm³/mol. The third-order valence-corrected chi connectivity index (χ3v) is 2.71. The summed E-state index contributed by atoms with van der Waals surface area (Å²) in [5.41, 5.74) is 1.43. The zero-order valence-electron chi connectivity index (χ0n) is 9.71. The summed E-state index contributed by atoms with van der Waals surface area (Å²) in [6.45, 7) is 0. The van der Waals surface area contributed by atoms with E-state index in [1.807, 2.05) is 24.3 Å². The largest absolute Gasteiger partial charge is 0.351 e. The number of fused-ring (bicyclic) bond motifs is 1. The molecule has 0 radical (unpaired) electrons. The van der Waals surface area contributed by atoms with E-state index in [1.54, 1.807) is 17.7 Å². The number of nitrogens with zero attached hydrogens (tertiary/aromatic N) is 3. The lowest BCUT2D eigenvalue weighted by atomic mass is 10.2. The molecule has 2 aromatic heterocycles. The van der Waals surface area contributed by atoms with Crippen LogP contribution < -0.4 is 5.32 Å². The first-order chi connectivity index (χ1) is 8.74. The molecule has 0 aliphatic carbocycles. The Morgan fingerprint density at radius 1 is 1.39 bits per heavy atom. The molecule has 0 saturated carbocycles. The lowest BCUT2D eigenvalue weighted by molar-refractivity contribution is 0.102. The monoisotopic (exact) mass is 241 g/mol. The number of H-pyrrole nitrogens is 1. The van der Waals surface area contributed by atoms with Gasteiger partial charge in [-0.05, 0) is 12.1 Å². The zero-order chi connectivity index (χ0) is 12.5. The van der Waals surface area contributed by atoms with Crippen molar-refractivity contribution in [3.8, 4) is 0 Å². The fourth-order valence-electron chi connectivity index (χ4n) is 1.76. The SMILES string of the molecule is Cn1cnnc1NC(=O)c1cc2ccccc2[nH]1. The molecule has 2 heterocycles. The molecule has 0 unspecified atom stereocenters. The number of hydrogen-bond acceptors (Lipinski definition) is 3. The molecule has 6 nitrogen and oxygen atoms in total. The van der Waals surface area contributed by atoms with Gasteiger partial charge < -0.3 is 9.55 Å². The lowest BCUT2D eigenvalue weighted by Gasteiger charge is -2.01. The maximum Gasteiger partial charge on any atom is 0.274 e. The van der Waals surface area contributed by atoms with E-state index in [0.29, 0.717) is 11.6 Å². The Bertz CT molecular complexity index is 679. The van der Waals surface area contributed by atoms with Gasteiger partial charge in [-0.1, -0.05) is 18.2 Å². The standard InChI is InChI=1S/C12H11N5O/c1-17-7-13-16-12(17)15-11(18)10-6-8-4-2-3-5-9(8)14-10/h2-7,14H,1H3,(H,15,16,18). The Labute approximate surface area is 103 Å². The first-order valence-corrected chi connectivity index (χ1v) is 5.47. The van der Waals surface area contributed by atoms with Gasteiger partial charge in [-0.15, -0.1) is 10.2 Å². The number of carbonyl (C=O) groups excluding carboxylic acids is 1. The van der Waals surface area contributed by atoms with Crippen molar-refractivity contribution in [3.05, 3.63) is 42.4 Å². The molecule has 6 heteroatoms. The van der Waals surface area contributed by atoms with Crippen molar-refractivity contribution in [2.45, 2.75) is 0 Å². The highest BCUT2D eigenvalue weighted by atomic mass is 16.2. The number of para-hydroxylation sites is 1. The molecule has 0 spiro atoms. The van der Waals surface area contributed by atoms with Gasteiger partial charge in [0.15, 0.2) is 0 Å². The van der Waals surface area contributed by atoms with Gasteiger partial charge in [0.05, 0.1) is 0 Å². The van der Waals surface area contributed by atoms with Crippen LogP contribution >= 0.6 is 0 Å². The molecule has 3 aromatic rings. The normalized spacial score (nSPS) is 10.7. The summed E-state index contributed by atoms with van der Waals surface area (Å²) in [5, 5.41) is 11.2. The molecule has 0 aliphatic rings. The molecular weight excluding hydrogens is 230 g/mol. The summed E-state index contributed by atoms with van der Waals surface area (Å²) in [6, 6.07) is 9.53. The van der Waals surface area contributed by atoms with Gasteiger partial charge >= 0.3 is 0 Å². The number of aromatic amines is 1. The van der Waals surface area contributed by atoms with E-state index in [4.69, 9.17) is 0 Å². The quantitative estimate of drug-likeness (QED) is 0.714. The second kappa shape index (κ2) is 3.99. The fourth-order valence-corrected chi connectivity index (χ4v) is 1.76. The zero-order valence-corrected chi connectivity index (χ0v) is 9.71. The first kappa shape index (κ1) is 10.5. The molecule has 0 aliphatic heterocycles. The summed E-state index contributed by atoms with van der Waals surface area (Å²) in [7, 11) is 1.76. The number of nitrogens with one attached hydrogen (secondary N) is 2. The number of aromatic nitrogens is 4. The van der Waals surface area contributed by atoms with Crippen LogP contribution in [-0.2, 0) is 7.05 Å². The van der Waals surface area contributed by atoms with Gasteiger partial charge in [-0.3, -0.25) is 10.1 Å². The third-order valence-electron chi connectivity index (χ3n) is 2.71. The van der Waals surface area contributed by atoms with Crippen molar-refractivity contribution in [1.29, 1.82) is 0 Å². The Morgan fingerprint density at radius 3 is 2.94 bits per heavy atom. The van der Waals surface area contributed by atoms with E-state index in [0.717, 1.165) is 10.9 Å². The molecule has 0 atom stereocenters. The van der Waals surface area contributed by atoms with Crippen molar-refractivity contribution in [2.75, 3.05) is 5.32 Å². The van der Waals surface area contributed by atoms with Crippen LogP contribution in [0.4, 0.5) is 5.95 Å². The Morgan fingerprint density at radius 2 is 2.22 bits per heavy atom. The van der Waals surface area contributed by atoms with Crippen LogP contribution in [0.15, 0.2) is 36.7 Å². The highest BCUT2D eigenvalue weighted by molar-refractivity contribution is 6.05. The number of rotatable bonds is 2. The minimum atomic E-state index is -0.234. The maximum absolute atomic E-state index is 12.0. The number of anilines is 1.